The van der Waals surface area contributed by atoms with Crippen molar-refractivity contribution in [3.8, 4) is 0 Å². The summed E-state index contributed by atoms with van der Waals surface area (Å²) in [6.07, 6.45) is 9.03. The van der Waals surface area contributed by atoms with Gasteiger partial charge in [-0.05, 0) is 37.6 Å². The van der Waals surface area contributed by atoms with Gasteiger partial charge in [0.1, 0.15) is 5.82 Å². The third kappa shape index (κ3) is 4.84. The second kappa shape index (κ2) is 10.0. The van der Waals surface area contributed by atoms with Gasteiger partial charge in [-0.2, -0.15) is 0 Å². The number of benzene rings is 1. The van der Waals surface area contributed by atoms with Crippen LogP contribution in [-0.4, -0.2) is 22.1 Å². The molecule has 1 fully saturated rings. The van der Waals surface area contributed by atoms with E-state index in [9.17, 15) is 14.0 Å². The molecule has 1 aliphatic carbocycles. The number of nitrogens with zero attached hydrogens (tertiary/aromatic N) is 2. The van der Waals surface area contributed by atoms with E-state index in [1.807, 2.05) is 6.92 Å². The highest BCUT2D eigenvalue weighted by atomic mass is 19.1. The Morgan fingerprint density at radius 2 is 1.90 bits per heavy atom. The molecule has 0 unspecified atom stereocenters. The molecule has 2 heterocycles. The summed E-state index contributed by atoms with van der Waals surface area (Å²) in [5, 5.41) is 3.68. The molecule has 0 radical (unpaired) electrons. The van der Waals surface area contributed by atoms with Crippen molar-refractivity contribution in [3.63, 3.8) is 0 Å². The molecule has 2 aromatic heterocycles. The van der Waals surface area contributed by atoms with Crippen LogP contribution in [0.25, 0.3) is 10.8 Å². The number of hydrogen-bond acceptors (Lipinski definition) is 4. The van der Waals surface area contributed by atoms with Crippen molar-refractivity contribution in [2.75, 3.05) is 12.0 Å². The topological polar surface area (TPSA) is 76.0 Å². The molecule has 2 N–H and O–H groups in total. The minimum atomic E-state index is -0.358. The number of hydrogen-bond donors (Lipinski definition) is 2. The Bertz CT molecular complexity index is 1090. The van der Waals surface area contributed by atoms with E-state index in [1.165, 1.54) is 54.9 Å². The zero-order chi connectivity index (χ0) is 21.5. The third-order valence-electron chi connectivity index (χ3n) is 5.11. The summed E-state index contributed by atoms with van der Waals surface area (Å²) in [5.41, 5.74) is 4.25. The predicted molar refractivity (Wildman–Crippen MR) is 117 cm³/mol. The first-order valence-electron chi connectivity index (χ1n) is 10.3. The molecule has 0 spiro atoms. The molecule has 1 aromatic carbocycles. The molecule has 0 atom stereocenters. The molecule has 0 aliphatic heterocycles. The van der Waals surface area contributed by atoms with Crippen LogP contribution in [0.1, 0.15) is 54.2 Å². The average molecular weight is 410 g/mol. The fourth-order valence-corrected chi connectivity index (χ4v) is 3.16. The normalized spacial score (nSPS) is 12.5. The summed E-state index contributed by atoms with van der Waals surface area (Å²) in [7, 11) is 0. The SMILES string of the molecule is C1CCC1.CCNn1c(C)c(C(=O)NCc2cccc(F)c2)c2cnccc2c1=O. The number of halogens is 1. The third-order valence-corrected chi connectivity index (χ3v) is 5.11. The Labute approximate surface area is 175 Å². The van der Waals surface area contributed by atoms with Gasteiger partial charge < -0.3 is 10.7 Å². The maximum atomic E-state index is 13.3. The molecular formula is C23H27FN4O2. The largest absolute Gasteiger partial charge is 0.348 e. The lowest BCUT2D eigenvalue weighted by Crippen LogP contribution is -2.34. The molecule has 7 heteroatoms. The van der Waals surface area contributed by atoms with Crippen LogP contribution in [0.15, 0.2) is 47.5 Å². The summed E-state index contributed by atoms with van der Waals surface area (Å²) in [5.74, 6) is -0.709. The molecule has 6 nitrogen and oxygen atoms in total. The van der Waals surface area contributed by atoms with Crippen molar-refractivity contribution in [3.05, 3.63) is 75.7 Å². The minimum absolute atomic E-state index is 0.179. The fraction of sp³-hybridized carbons (Fsp3) is 0.348. The van der Waals surface area contributed by atoms with E-state index < -0.39 is 0 Å². The maximum absolute atomic E-state index is 13.3. The van der Waals surface area contributed by atoms with E-state index in [0.717, 1.165) is 0 Å². The van der Waals surface area contributed by atoms with Crippen molar-refractivity contribution in [2.45, 2.75) is 46.1 Å². The van der Waals surface area contributed by atoms with Gasteiger partial charge in [0.15, 0.2) is 0 Å². The van der Waals surface area contributed by atoms with E-state index in [-0.39, 0.29) is 23.8 Å². The Balaban J connectivity index is 0.000000572. The van der Waals surface area contributed by atoms with Crippen LogP contribution in [-0.2, 0) is 6.54 Å². The molecule has 3 aromatic rings. The first-order chi connectivity index (χ1) is 14.5. The smallest absolute Gasteiger partial charge is 0.277 e. The summed E-state index contributed by atoms with van der Waals surface area (Å²) in [6.45, 7) is 4.28. The summed E-state index contributed by atoms with van der Waals surface area (Å²) in [6, 6.07) is 7.63. The quantitative estimate of drug-likeness (QED) is 0.669. The molecule has 158 valence electrons. The summed E-state index contributed by atoms with van der Waals surface area (Å²) in [4.78, 5) is 29.5. The van der Waals surface area contributed by atoms with Gasteiger partial charge in [0.25, 0.3) is 11.5 Å². The lowest BCUT2D eigenvalue weighted by atomic mass is 10.0. The molecule has 0 bridgehead atoms. The Kier molecular flexibility index (Phi) is 7.17. The molecule has 0 saturated heterocycles. The van der Waals surface area contributed by atoms with Crippen molar-refractivity contribution in [2.24, 2.45) is 0 Å². The van der Waals surface area contributed by atoms with E-state index in [0.29, 0.717) is 34.1 Å². The number of pyridine rings is 2. The lowest BCUT2D eigenvalue weighted by Gasteiger charge is -2.17. The van der Waals surface area contributed by atoms with Gasteiger partial charge in [0.05, 0.1) is 16.6 Å². The Hall–Kier alpha value is -3.22. The number of aromatic nitrogens is 2. The van der Waals surface area contributed by atoms with Gasteiger partial charge in [-0.15, -0.1) is 0 Å². The van der Waals surface area contributed by atoms with Gasteiger partial charge in [0.2, 0.25) is 0 Å². The predicted octanol–water partition coefficient (Wildman–Crippen LogP) is 3.90. The van der Waals surface area contributed by atoms with E-state index >= 15 is 0 Å². The minimum Gasteiger partial charge on any atom is -0.348 e. The Morgan fingerprint density at radius 3 is 2.53 bits per heavy atom. The number of amides is 1. The van der Waals surface area contributed by atoms with Crippen molar-refractivity contribution < 1.29 is 9.18 Å². The van der Waals surface area contributed by atoms with Crippen LogP contribution >= 0.6 is 0 Å². The lowest BCUT2D eigenvalue weighted by molar-refractivity contribution is 0.0951. The highest BCUT2D eigenvalue weighted by Crippen LogP contribution is 2.18. The van der Waals surface area contributed by atoms with Gasteiger partial charge >= 0.3 is 0 Å². The first-order valence-corrected chi connectivity index (χ1v) is 10.3. The van der Waals surface area contributed by atoms with Crippen LogP contribution in [0.2, 0.25) is 0 Å². The van der Waals surface area contributed by atoms with E-state index in [4.69, 9.17) is 0 Å². The van der Waals surface area contributed by atoms with Crippen molar-refractivity contribution >= 4 is 16.7 Å². The van der Waals surface area contributed by atoms with Gasteiger partial charge in [-0.1, -0.05) is 37.8 Å². The van der Waals surface area contributed by atoms with Crippen molar-refractivity contribution in [1.29, 1.82) is 0 Å². The molecule has 1 amide bonds. The van der Waals surface area contributed by atoms with E-state index in [2.05, 4.69) is 15.7 Å². The summed E-state index contributed by atoms with van der Waals surface area (Å²) >= 11 is 0. The Morgan fingerprint density at radius 1 is 1.17 bits per heavy atom. The van der Waals surface area contributed by atoms with Crippen LogP contribution in [0.3, 0.4) is 0 Å². The standard InChI is InChI=1S/C19H19FN4O2.C4H8/c1-3-23-24-12(2)17(16-11-21-8-7-15(16)19(24)26)18(25)22-10-13-5-4-6-14(20)9-13;1-2-4-3-1/h4-9,11,23H,3,10H2,1-2H3,(H,22,25);1-4H2. The summed E-state index contributed by atoms with van der Waals surface area (Å²) < 4.78 is 14.7. The van der Waals surface area contributed by atoms with Gasteiger partial charge in [-0.25, -0.2) is 9.07 Å². The second-order valence-corrected chi connectivity index (χ2v) is 7.26. The second-order valence-electron chi connectivity index (χ2n) is 7.26. The zero-order valence-electron chi connectivity index (χ0n) is 17.4. The van der Waals surface area contributed by atoms with Gasteiger partial charge in [-0.3, -0.25) is 14.6 Å². The van der Waals surface area contributed by atoms with Crippen LogP contribution in [0.5, 0.6) is 0 Å². The molecule has 1 saturated carbocycles. The van der Waals surface area contributed by atoms with Crippen LogP contribution in [0.4, 0.5) is 4.39 Å². The highest BCUT2D eigenvalue weighted by Gasteiger charge is 2.19. The first kappa shape index (κ1) is 21.5. The van der Waals surface area contributed by atoms with E-state index in [1.54, 1.807) is 25.1 Å². The molecule has 1 aliphatic rings. The van der Waals surface area contributed by atoms with Crippen LogP contribution in [0, 0.1) is 12.7 Å². The number of fused-ring (bicyclic) bond motifs is 1. The number of nitrogens with one attached hydrogen (secondary N) is 2. The fourth-order valence-electron chi connectivity index (χ4n) is 3.16. The monoisotopic (exact) mass is 410 g/mol. The van der Waals surface area contributed by atoms with Crippen molar-refractivity contribution in [1.82, 2.24) is 15.0 Å². The average Bonchev–Trinajstić information content (AvgIpc) is 2.68. The molecule has 30 heavy (non-hydrogen) atoms. The zero-order valence-corrected chi connectivity index (χ0v) is 17.4. The van der Waals surface area contributed by atoms with Gasteiger partial charge in [0, 0.05) is 30.9 Å². The van der Waals surface area contributed by atoms with Crippen LogP contribution < -0.4 is 16.3 Å². The number of carbonyl (C=O) groups excluding carboxylic acids is 1. The molecule has 4 rings (SSSR count). The molecular weight excluding hydrogens is 383 g/mol. The maximum Gasteiger partial charge on any atom is 0.277 e. The number of carbonyl (C=O) groups is 1. The number of rotatable bonds is 5. The highest BCUT2D eigenvalue weighted by molar-refractivity contribution is 6.07.